The number of rotatable bonds is 1. The first-order chi connectivity index (χ1) is 8.07. The lowest BCUT2D eigenvalue weighted by Crippen LogP contribution is -2.48. The average molecular weight is 250 g/mol. The van der Waals surface area contributed by atoms with E-state index in [0.29, 0.717) is 5.92 Å². The molecular formula is C13H19N2OP. The number of carbonyl (C=O) groups is 1. The van der Waals surface area contributed by atoms with Gasteiger partial charge in [-0.15, -0.1) is 0 Å². The third-order valence-electron chi connectivity index (χ3n) is 3.74. The van der Waals surface area contributed by atoms with E-state index in [-0.39, 0.29) is 18.0 Å². The van der Waals surface area contributed by atoms with Gasteiger partial charge in [-0.25, -0.2) is 0 Å². The van der Waals surface area contributed by atoms with Crippen LogP contribution in [0.15, 0.2) is 24.3 Å². The molecule has 4 unspecified atom stereocenters. The largest absolute Gasteiger partial charge is 0.309 e. The molecule has 3 nitrogen and oxygen atoms in total. The molecule has 2 rings (SSSR count). The summed E-state index contributed by atoms with van der Waals surface area (Å²) in [4.78, 5) is 13.7. The topological polar surface area (TPSA) is 32.3 Å². The van der Waals surface area contributed by atoms with Crippen molar-refractivity contribution in [2.75, 3.05) is 4.90 Å². The summed E-state index contributed by atoms with van der Waals surface area (Å²) in [5.74, 6) is 0.491. The van der Waals surface area contributed by atoms with Crippen LogP contribution in [0.3, 0.4) is 0 Å². The van der Waals surface area contributed by atoms with Crippen molar-refractivity contribution in [2.24, 2.45) is 5.92 Å². The minimum absolute atomic E-state index is 0.110. The third-order valence-corrected chi connectivity index (χ3v) is 4.10. The second kappa shape index (κ2) is 4.75. The van der Waals surface area contributed by atoms with Gasteiger partial charge in [-0.2, -0.15) is 0 Å². The molecule has 17 heavy (non-hydrogen) atoms. The first-order valence-corrected chi connectivity index (χ1v) is 6.50. The fourth-order valence-corrected chi connectivity index (χ4v) is 3.17. The zero-order chi connectivity index (χ0) is 12.6. The lowest BCUT2D eigenvalue weighted by molar-refractivity contribution is -0.117. The molecule has 4 atom stereocenters. The number of anilines is 1. The maximum absolute atomic E-state index is 11.8. The van der Waals surface area contributed by atoms with Crippen LogP contribution in [0.4, 0.5) is 5.69 Å². The van der Waals surface area contributed by atoms with Crippen molar-refractivity contribution >= 4 is 21.0 Å². The molecule has 0 radical (unpaired) electrons. The van der Waals surface area contributed by atoms with E-state index in [2.05, 4.69) is 34.4 Å². The van der Waals surface area contributed by atoms with E-state index in [1.165, 1.54) is 5.56 Å². The van der Waals surface area contributed by atoms with Crippen molar-refractivity contribution in [1.29, 1.82) is 0 Å². The highest BCUT2D eigenvalue weighted by atomic mass is 31.0. The zero-order valence-corrected chi connectivity index (χ0v) is 11.6. The Labute approximate surface area is 105 Å². The Balaban J connectivity index is 2.56. The van der Waals surface area contributed by atoms with Crippen molar-refractivity contribution in [3.05, 3.63) is 29.8 Å². The molecule has 92 valence electrons. The highest BCUT2D eigenvalue weighted by Crippen LogP contribution is 2.40. The van der Waals surface area contributed by atoms with Crippen LogP contribution in [0.5, 0.6) is 0 Å². The van der Waals surface area contributed by atoms with Crippen LogP contribution in [0.2, 0.25) is 0 Å². The molecule has 1 aromatic carbocycles. The van der Waals surface area contributed by atoms with Gasteiger partial charge in [0.25, 0.3) is 0 Å². The van der Waals surface area contributed by atoms with E-state index in [1.54, 1.807) is 6.92 Å². The highest BCUT2D eigenvalue weighted by molar-refractivity contribution is 7.13. The maximum atomic E-state index is 11.8. The number of benzene rings is 1. The molecule has 1 heterocycles. The lowest BCUT2D eigenvalue weighted by Gasteiger charge is -2.43. The van der Waals surface area contributed by atoms with Crippen molar-refractivity contribution in [1.82, 2.24) is 5.09 Å². The van der Waals surface area contributed by atoms with Crippen molar-refractivity contribution in [3.8, 4) is 0 Å². The van der Waals surface area contributed by atoms with Gasteiger partial charge in [-0.05, 0) is 24.5 Å². The van der Waals surface area contributed by atoms with Crippen LogP contribution in [0, 0.1) is 5.92 Å². The summed E-state index contributed by atoms with van der Waals surface area (Å²) < 4.78 is 0. The fraction of sp³-hybridized carbons (Fsp3) is 0.462. The predicted octanol–water partition coefficient (Wildman–Crippen LogP) is 2.50. The molecule has 0 bridgehead atoms. The number of carbonyl (C=O) groups excluding carboxylic acids is 1. The Morgan fingerprint density at radius 1 is 1.35 bits per heavy atom. The maximum Gasteiger partial charge on any atom is 0.224 e. The smallest absolute Gasteiger partial charge is 0.224 e. The van der Waals surface area contributed by atoms with Gasteiger partial charge in [0.15, 0.2) is 0 Å². The van der Waals surface area contributed by atoms with Gasteiger partial charge in [0, 0.05) is 24.7 Å². The molecule has 0 saturated heterocycles. The highest BCUT2D eigenvalue weighted by Gasteiger charge is 2.36. The molecule has 0 saturated carbocycles. The molecule has 0 spiro atoms. The van der Waals surface area contributed by atoms with Crippen molar-refractivity contribution in [3.63, 3.8) is 0 Å². The second-order valence-corrected chi connectivity index (χ2v) is 5.03. The minimum atomic E-state index is 0.110. The van der Waals surface area contributed by atoms with Gasteiger partial charge < -0.3 is 4.90 Å². The number of hydrogen-bond donors (Lipinski definition) is 1. The Morgan fingerprint density at radius 2 is 2.00 bits per heavy atom. The van der Waals surface area contributed by atoms with Gasteiger partial charge in [-0.1, -0.05) is 34.5 Å². The van der Waals surface area contributed by atoms with E-state index in [0.717, 1.165) is 5.69 Å². The molecular weight excluding hydrogens is 231 g/mol. The van der Waals surface area contributed by atoms with Crippen LogP contribution < -0.4 is 9.99 Å². The average Bonchev–Trinajstić information content (AvgIpc) is 2.30. The number of nitrogens with zero attached hydrogens (tertiary/aromatic N) is 1. The number of amides is 1. The standard InChI is InChI=1S/C13H19N2OP/c1-8-9(2)15(10(3)16)12-7-5-4-6-11(12)13(8)14-17/h4-9,13-14H,17H2,1-3H3. The Hall–Kier alpha value is -0.920. The SMILES string of the molecule is CC(=O)N1c2ccccc2C(NP)C(C)C1C. The quantitative estimate of drug-likeness (QED) is 0.777. The van der Waals surface area contributed by atoms with E-state index >= 15 is 0 Å². The molecule has 0 fully saturated rings. The van der Waals surface area contributed by atoms with Crippen LogP contribution in [0.1, 0.15) is 32.4 Å². The number of hydrogen-bond acceptors (Lipinski definition) is 2. The first-order valence-electron chi connectivity index (χ1n) is 5.92. The minimum Gasteiger partial charge on any atom is -0.309 e. The summed E-state index contributed by atoms with van der Waals surface area (Å²) in [6.45, 7) is 5.92. The summed E-state index contributed by atoms with van der Waals surface area (Å²) in [5.41, 5.74) is 2.23. The Kier molecular flexibility index (Phi) is 3.50. The van der Waals surface area contributed by atoms with E-state index in [9.17, 15) is 4.79 Å². The van der Waals surface area contributed by atoms with Gasteiger partial charge in [-0.3, -0.25) is 9.88 Å². The molecule has 1 aliphatic heterocycles. The van der Waals surface area contributed by atoms with E-state index in [4.69, 9.17) is 0 Å². The van der Waals surface area contributed by atoms with Crippen LogP contribution >= 0.6 is 9.39 Å². The number of fused-ring (bicyclic) bond motifs is 1. The second-order valence-electron chi connectivity index (χ2n) is 4.69. The normalized spacial score (nSPS) is 27.8. The Bertz CT molecular complexity index is 435. The molecule has 1 N–H and O–H groups in total. The lowest BCUT2D eigenvalue weighted by atomic mass is 9.83. The van der Waals surface area contributed by atoms with Crippen molar-refractivity contribution in [2.45, 2.75) is 32.9 Å². The van der Waals surface area contributed by atoms with Gasteiger partial charge in [0.2, 0.25) is 5.91 Å². The molecule has 1 aliphatic rings. The Morgan fingerprint density at radius 3 is 2.59 bits per heavy atom. The first kappa shape index (κ1) is 12.5. The predicted molar refractivity (Wildman–Crippen MR) is 73.8 cm³/mol. The van der Waals surface area contributed by atoms with Crippen LogP contribution in [0.25, 0.3) is 0 Å². The van der Waals surface area contributed by atoms with Gasteiger partial charge in [0.1, 0.15) is 0 Å². The summed E-state index contributed by atoms with van der Waals surface area (Å²) in [7, 11) is 2.59. The summed E-state index contributed by atoms with van der Waals surface area (Å²) in [6, 6.07) is 8.61. The molecule has 0 aliphatic carbocycles. The van der Waals surface area contributed by atoms with Crippen LogP contribution in [-0.4, -0.2) is 11.9 Å². The molecule has 4 heteroatoms. The summed E-state index contributed by atoms with van der Waals surface area (Å²) >= 11 is 0. The molecule has 1 aromatic rings. The van der Waals surface area contributed by atoms with E-state index < -0.39 is 0 Å². The van der Waals surface area contributed by atoms with Crippen molar-refractivity contribution < 1.29 is 4.79 Å². The number of nitrogens with one attached hydrogen (secondary N) is 1. The van der Waals surface area contributed by atoms with Gasteiger partial charge in [0.05, 0.1) is 0 Å². The van der Waals surface area contributed by atoms with E-state index in [1.807, 2.05) is 23.1 Å². The summed E-state index contributed by atoms with van der Waals surface area (Å²) in [6.07, 6.45) is 0. The monoisotopic (exact) mass is 250 g/mol. The third kappa shape index (κ3) is 1.98. The van der Waals surface area contributed by atoms with Crippen LogP contribution in [-0.2, 0) is 4.79 Å². The fourth-order valence-electron chi connectivity index (χ4n) is 2.68. The summed E-state index contributed by atoms with van der Waals surface area (Å²) in [5, 5.41) is 3.28. The number of para-hydroxylation sites is 1. The zero-order valence-electron chi connectivity index (χ0n) is 10.5. The van der Waals surface area contributed by atoms with Gasteiger partial charge >= 0.3 is 0 Å². The molecule has 1 amide bonds. The molecule has 0 aromatic heterocycles.